The van der Waals surface area contributed by atoms with Crippen molar-refractivity contribution in [2.45, 2.75) is 149 Å². The number of aromatic nitrogens is 4. The second kappa shape index (κ2) is 32.0. The number of thiazole rings is 1. The van der Waals surface area contributed by atoms with Gasteiger partial charge in [0.2, 0.25) is 17.7 Å². The SMILES string of the molecule is Cc1c(-c2ccc(N3CCc4cccc(C(=O)Nc5nc6ccccc6s5)c4C3)nc2C(=O)O)cnn1CC12CC3(C)CC(C)(C1)CC(OCCN(CCS(=O)(=O)O)C(=O)OCc1ccc(N(C(=O)[C@@H](NC(=O)[C@H](CCC(=O)O)NC(=O)CN4C(=O)C=CC4=O)C(C)C)[C@@H](CCCNC(N)=O)C(N)=O)cc1)(C3)C2. The molecule has 2 unspecified atom stereocenters. The van der Waals surface area contributed by atoms with Gasteiger partial charge in [-0.15, -0.1) is 0 Å². The maximum Gasteiger partial charge on any atom is 0.410 e. The van der Waals surface area contributed by atoms with E-state index >= 15 is 0 Å². The number of para-hydroxylation sites is 1. The van der Waals surface area contributed by atoms with E-state index in [0.29, 0.717) is 83.4 Å². The zero-order chi connectivity index (χ0) is 77.8. The number of carboxylic acid groups (broad SMARTS) is 2. The summed E-state index contributed by atoms with van der Waals surface area (Å²) in [6.45, 7) is 8.96. The van der Waals surface area contributed by atoms with Crippen molar-refractivity contribution >= 4 is 114 Å². The third-order valence-electron chi connectivity index (χ3n) is 20.8. The van der Waals surface area contributed by atoms with Gasteiger partial charge in [0.25, 0.3) is 33.7 Å². The molecule has 2 aliphatic heterocycles. The number of hydrogen-bond acceptors (Lipinski definition) is 20. The Morgan fingerprint density at radius 3 is 2.19 bits per heavy atom. The Morgan fingerprint density at radius 1 is 0.815 bits per heavy atom. The molecule has 5 atom stereocenters. The zero-order valence-electron chi connectivity index (χ0n) is 60.4. The van der Waals surface area contributed by atoms with Crippen LogP contribution in [0, 0.1) is 29.1 Å². The fourth-order valence-electron chi connectivity index (χ4n) is 17.1. The Balaban J connectivity index is 0.757. The number of fused-ring (bicyclic) bond motifs is 2. The minimum absolute atomic E-state index is 0.0381. The fraction of sp³-hybridized carbons (Fsp3) is 0.459. The molecule has 3 aromatic carbocycles. The standard InChI is InChI=1S/C74H88N14O18S2/c1-43(2)61(82-65(96)53(20-24-60(92)93)79-57(89)34-86-58(90)22-23-59(86)91)66(97)88(54(63(75)94)13-9-26-77-68(76)100)47-17-15-45(16-18-47)35-105-70(101)84(29-31-108(102,103)104)28-30-106-74-39-71(4)36-72(5,40-74)38-73(37-71,41-74)42-87-44(3)50(32-78-87)48-19-21-56(81-62(48)67(98)99)85-27-25-46-10-8-11-49(51(46)33-85)64(95)83-69-80-52-12-6-7-14-55(52)107-69/h6-8,10-12,14-19,21-23,32,43,53-54,61H,9,13,20,24-31,33-42H2,1-5H3,(H2,75,94)(H,79,89)(H,82,96)(H,92,93)(H,98,99)(H3,76,77,100)(H,80,83,95)(H,102,103,104)/t53-,54-,61-,71?,72?,73?,74?/m0/s1. The average Bonchev–Trinajstić information content (AvgIpc) is 0.772. The molecule has 4 fully saturated rings. The number of amides is 10. The molecule has 0 radical (unpaired) electrons. The molecule has 6 aliphatic rings. The van der Waals surface area contributed by atoms with Crippen LogP contribution >= 0.6 is 11.3 Å². The van der Waals surface area contributed by atoms with Crippen molar-refractivity contribution in [3.05, 3.63) is 131 Å². The lowest BCUT2D eigenvalue weighted by molar-refractivity contribution is -0.248. The molecular formula is C74H88N14O18S2. The van der Waals surface area contributed by atoms with Gasteiger partial charge in [-0.2, -0.15) is 13.5 Å². The number of aliphatic carboxylic acids is 1. The first kappa shape index (κ1) is 78.4. The van der Waals surface area contributed by atoms with Gasteiger partial charge < -0.3 is 56.9 Å². The van der Waals surface area contributed by atoms with Gasteiger partial charge in [-0.1, -0.05) is 75.4 Å². The number of aromatic carboxylic acids is 1. The molecule has 6 aromatic rings. The molecule has 574 valence electrons. The van der Waals surface area contributed by atoms with Gasteiger partial charge in [0.05, 0.1) is 34.4 Å². The lowest BCUT2D eigenvalue weighted by atomic mass is 9.39. The summed E-state index contributed by atoms with van der Waals surface area (Å²) in [5, 5.41) is 36.0. The van der Waals surface area contributed by atoms with Gasteiger partial charge in [0.15, 0.2) is 10.8 Å². The lowest BCUT2D eigenvalue weighted by Crippen LogP contribution is -2.64. The molecule has 3 aromatic heterocycles. The molecular weight excluding hydrogens is 1440 g/mol. The maximum atomic E-state index is 15.0. The predicted octanol–water partition coefficient (Wildman–Crippen LogP) is 6.09. The zero-order valence-corrected chi connectivity index (χ0v) is 62.0. The molecule has 34 heteroatoms. The number of nitrogens with two attached hydrogens (primary N) is 2. The van der Waals surface area contributed by atoms with Crippen LogP contribution in [0.25, 0.3) is 21.3 Å². The Kier molecular flexibility index (Phi) is 23.2. The van der Waals surface area contributed by atoms with E-state index in [1.807, 2.05) is 52.9 Å². The summed E-state index contributed by atoms with van der Waals surface area (Å²) in [5.41, 5.74) is 15.0. The third kappa shape index (κ3) is 18.3. The van der Waals surface area contributed by atoms with Crippen molar-refractivity contribution in [2.75, 3.05) is 60.2 Å². The monoisotopic (exact) mass is 1520 g/mol. The molecule has 32 nitrogen and oxygen atoms in total. The van der Waals surface area contributed by atoms with Crippen LogP contribution in [0.1, 0.15) is 135 Å². The lowest BCUT2D eigenvalue weighted by Gasteiger charge is -2.69. The number of carboxylic acids is 2. The number of anilines is 3. The number of ether oxygens (including phenoxy) is 2. The summed E-state index contributed by atoms with van der Waals surface area (Å²) in [6, 6.07) is 17.2. The summed E-state index contributed by atoms with van der Waals surface area (Å²) in [6.07, 6.45) is 6.69. The minimum atomic E-state index is -4.60. The first-order valence-corrected chi connectivity index (χ1v) is 37.9. The highest BCUT2D eigenvalue weighted by molar-refractivity contribution is 7.85. The van der Waals surface area contributed by atoms with Gasteiger partial charge in [0.1, 0.15) is 37.1 Å². The van der Waals surface area contributed by atoms with E-state index in [2.05, 4.69) is 40.1 Å². The van der Waals surface area contributed by atoms with Crippen LogP contribution in [0.3, 0.4) is 0 Å². The Hall–Kier alpha value is -10.7. The van der Waals surface area contributed by atoms with E-state index in [0.717, 1.165) is 68.3 Å². The van der Waals surface area contributed by atoms with E-state index in [9.17, 15) is 75.9 Å². The van der Waals surface area contributed by atoms with Crippen LogP contribution in [-0.2, 0) is 79.3 Å². The van der Waals surface area contributed by atoms with Crippen molar-refractivity contribution in [3.8, 4) is 11.1 Å². The smallest absolute Gasteiger partial charge is 0.410 e. The van der Waals surface area contributed by atoms with Gasteiger partial charge in [0, 0.05) is 85.9 Å². The molecule has 0 saturated heterocycles. The second-order valence-corrected chi connectivity index (χ2v) is 32.5. The van der Waals surface area contributed by atoms with Crippen molar-refractivity contribution < 1.29 is 85.4 Å². The van der Waals surface area contributed by atoms with E-state index in [1.54, 1.807) is 38.2 Å². The Bertz CT molecular complexity index is 4620. The normalized spacial score (nSPS) is 20.7. The highest BCUT2D eigenvalue weighted by atomic mass is 32.2. The third-order valence-corrected chi connectivity index (χ3v) is 22.4. The molecule has 11 N–H and O–H groups in total. The van der Waals surface area contributed by atoms with E-state index < -0.39 is 138 Å². The second-order valence-electron chi connectivity index (χ2n) is 29.9. The van der Waals surface area contributed by atoms with Crippen LogP contribution in [-0.4, -0.2) is 187 Å². The number of pyridine rings is 1. The average molecular weight is 1530 g/mol. The summed E-state index contributed by atoms with van der Waals surface area (Å²) in [7, 11) is -4.60. The summed E-state index contributed by atoms with van der Waals surface area (Å²) < 4.78 is 50.0. The largest absolute Gasteiger partial charge is 0.481 e. The van der Waals surface area contributed by atoms with Gasteiger partial charge >= 0.3 is 24.1 Å². The maximum absolute atomic E-state index is 15.0. The first-order valence-electron chi connectivity index (χ1n) is 35.5. The number of imide groups is 1. The summed E-state index contributed by atoms with van der Waals surface area (Å²) >= 11 is 1.39. The van der Waals surface area contributed by atoms with Crippen LogP contribution in [0.15, 0.2) is 97.2 Å². The van der Waals surface area contributed by atoms with Crippen LogP contribution in [0.2, 0.25) is 0 Å². The molecule has 4 aliphatic carbocycles. The van der Waals surface area contributed by atoms with Crippen molar-refractivity contribution in [3.63, 3.8) is 0 Å². The van der Waals surface area contributed by atoms with Crippen LogP contribution in [0.5, 0.6) is 0 Å². The molecule has 108 heavy (non-hydrogen) atoms. The highest BCUT2D eigenvalue weighted by Gasteiger charge is 2.66. The topological polar surface area (TPSA) is 458 Å². The number of benzene rings is 3. The van der Waals surface area contributed by atoms with Crippen LogP contribution in [0.4, 0.5) is 26.2 Å². The Labute approximate surface area is 626 Å². The quantitative estimate of drug-likeness (QED) is 0.0128. The van der Waals surface area contributed by atoms with Gasteiger partial charge in [-0.05, 0) is 152 Å². The van der Waals surface area contributed by atoms with Crippen molar-refractivity contribution in [2.24, 2.45) is 33.6 Å². The molecule has 5 heterocycles. The minimum Gasteiger partial charge on any atom is -0.481 e. The number of nitrogens with one attached hydrogen (secondary N) is 4. The number of hydrogen-bond donors (Lipinski definition) is 9. The summed E-state index contributed by atoms with van der Waals surface area (Å²) in [5.74, 6) is -9.48. The van der Waals surface area contributed by atoms with E-state index in [-0.39, 0.29) is 66.1 Å². The summed E-state index contributed by atoms with van der Waals surface area (Å²) in [4.78, 5) is 159. The van der Waals surface area contributed by atoms with Gasteiger partial charge in [-0.3, -0.25) is 62.7 Å². The number of carbonyl (C=O) groups is 11. The number of carbonyl (C=O) groups excluding carboxylic acids is 9. The number of primary amides is 2. The highest BCUT2D eigenvalue weighted by Crippen LogP contribution is 2.72. The van der Waals surface area contributed by atoms with Crippen molar-refractivity contribution in [1.82, 2.24) is 45.5 Å². The molecule has 4 saturated carbocycles. The van der Waals surface area contributed by atoms with Crippen molar-refractivity contribution in [1.29, 1.82) is 0 Å². The van der Waals surface area contributed by atoms with Gasteiger partial charge in [-0.25, -0.2) is 24.4 Å². The van der Waals surface area contributed by atoms with E-state index in [4.69, 9.17) is 31.0 Å². The Morgan fingerprint density at radius 2 is 1.53 bits per heavy atom. The number of urea groups is 1. The predicted molar refractivity (Wildman–Crippen MR) is 394 cm³/mol. The number of rotatable bonds is 33. The van der Waals surface area contributed by atoms with Crippen LogP contribution < -0.4 is 42.5 Å². The fourth-order valence-corrected chi connectivity index (χ4v) is 18.4. The number of nitrogens with zero attached hydrogens (tertiary/aromatic N) is 8. The first-order chi connectivity index (χ1) is 51.1. The molecule has 12 rings (SSSR count). The molecule has 0 spiro atoms. The van der Waals surface area contributed by atoms with E-state index in [1.165, 1.54) is 35.6 Å². The molecule has 10 amide bonds. The molecule has 4 bridgehead atoms.